The van der Waals surface area contributed by atoms with Crippen LogP contribution < -0.4 is 10.2 Å². The maximum atomic E-state index is 13.9. The Morgan fingerprint density at radius 2 is 1.58 bits per heavy atom. The van der Waals surface area contributed by atoms with Crippen LogP contribution in [0.1, 0.15) is 32.6 Å². The number of ether oxygens (including phenoxy) is 1. The Kier molecular flexibility index (Phi) is 7.28. The minimum Gasteiger partial charge on any atom is -0.457 e. The van der Waals surface area contributed by atoms with Gasteiger partial charge in [0, 0.05) is 24.2 Å². The number of rotatable bonds is 6. The van der Waals surface area contributed by atoms with Gasteiger partial charge in [0.2, 0.25) is 0 Å². The number of amides is 2. The van der Waals surface area contributed by atoms with Gasteiger partial charge in [0.25, 0.3) is 11.8 Å². The molecule has 1 heterocycles. The zero-order valence-electron chi connectivity index (χ0n) is 20.4. The van der Waals surface area contributed by atoms with Crippen molar-refractivity contribution in [1.82, 2.24) is 10.4 Å². The molecule has 6 nitrogen and oxygen atoms in total. The third kappa shape index (κ3) is 5.63. The first-order valence-electron chi connectivity index (χ1n) is 12.2. The first-order valence-corrected chi connectivity index (χ1v) is 12.2. The largest absolute Gasteiger partial charge is 0.457 e. The number of carbonyl (C=O) groups excluding carboxylic acids is 2. The van der Waals surface area contributed by atoms with E-state index in [1.54, 1.807) is 40.7 Å². The van der Waals surface area contributed by atoms with Crippen LogP contribution in [0.25, 0.3) is 11.6 Å². The van der Waals surface area contributed by atoms with Gasteiger partial charge in [-0.15, -0.1) is 0 Å². The van der Waals surface area contributed by atoms with Gasteiger partial charge in [0.1, 0.15) is 17.3 Å². The van der Waals surface area contributed by atoms with E-state index in [0.717, 1.165) is 16.7 Å². The number of fused-ring (bicyclic) bond motifs is 1. The number of para-hydroxylation sites is 1. The molecule has 0 saturated carbocycles. The SMILES string of the molecule is O=C(NO)c1ccc2c(c1)CN(C(=O)/C(=C\c1cccc(Oc3ccccc3)c1)c1ccc(F)cc1)CC2. The average molecular weight is 509 g/mol. The number of nitrogens with one attached hydrogen (secondary N) is 1. The van der Waals surface area contributed by atoms with Gasteiger partial charge in [-0.05, 0) is 83.3 Å². The van der Waals surface area contributed by atoms with Crippen LogP contribution in [0, 0.1) is 5.82 Å². The lowest BCUT2D eigenvalue weighted by Crippen LogP contribution is -2.36. The number of nitrogens with zero attached hydrogens (tertiary/aromatic N) is 1. The standard InChI is InChI=1S/C31H25FN2O4/c32-26-13-11-23(12-14-26)29(18-21-5-4-8-28(17-21)38-27-6-2-1-3-7-27)31(36)34-16-15-22-9-10-24(30(35)33-37)19-25(22)20-34/h1-14,17-19,37H,15-16,20H2,(H,33,35)/b29-18-. The summed E-state index contributed by atoms with van der Waals surface area (Å²) in [7, 11) is 0. The number of carbonyl (C=O) groups is 2. The molecule has 0 unspecified atom stereocenters. The van der Waals surface area contributed by atoms with Crippen LogP contribution in [0.4, 0.5) is 4.39 Å². The quantitative estimate of drug-likeness (QED) is 0.148. The summed E-state index contributed by atoms with van der Waals surface area (Å²) in [5, 5.41) is 8.99. The number of halogens is 1. The summed E-state index contributed by atoms with van der Waals surface area (Å²) >= 11 is 0. The summed E-state index contributed by atoms with van der Waals surface area (Å²) in [6.45, 7) is 0.795. The van der Waals surface area contributed by atoms with Crippen LogP contribution in [0.2, 0.25) is 0 Å². The second-order valence-corrected chi connectivity index (χ2v) is 8.95. The molecule has 0 bridgehead atoms. The van der Waals surface area contributed by atoms with E-state index < -0.39 is 5.91 Å². The first kappa shape index (κ1) is 24.9. The van der Waals surface area contributed by atoms with Gasteiger partial charge < -0.3 is 9.64 Å². The second-order valence-electron chi connectivity index (χ2n) is 8.95. The van der Waals surface area contributed by atoms with Crippen molar-refractivity contribution in [3.05, 3.63) is 131 Å². The molecule has 2 N–H and O–H groups in total. The molecule has 0 aromatic heterocycles. The van der Waals surface area contributed by atoms with E-state index in [4.69, 9.17) is 9.94 Å². The molecule has 190 valence electrons. The molecule has 0 spiro atoms. The molecular formula is C31H25FN2O4. The Hall–Kier alpha value is -4.75. The van der Waals surface area contributed by atoms with Gasteiger partial charge in [-0.2, -0.15) is 0 Å². The van der Waals surface area contributed by atoms with Gasteiger partial charge in [-0.25, -0.2) is 9.87 Å². The van der Waals surface area contributed by atoms with E-state index in [9.17, 15) is 14.0 Å². The summed E-state index contributed by atoms with van der Waals surface area (Å²) in [4.78, 5) is 27.5. The molecule has 2 amide bonds. The van der Waals surface area contributed by atoms with E-state index in [0.29, 0.717) is 47.7 Å². The molecule has 1 aliphatic rings. The van der Waals surface area contributed by atoms with Crippen molar-refractivity contribution in [2.45, 2.75) is 13.0 Å². The van der Waals surface area contributed by atoms with Crippen LogP contribution in [-0.2, 0) is 17.8 Å². The highest BCUT2D eigenvalue weighted by molar-refractivity contribution is 6.24. The van der Waals surface area contributed by atoms with Crippen molar-refractivity contribution in [3.8, 4) is 11.5 Å². The van der Waals surface area contributed by atoms with E-state index >= 15 is 0 Å². The fraction of sp³-hybridized carbons (Fsp3) is 0.0968. The first-order chi connectivity index (χ1) is 18.5. The number of hydrogen-bond donors (Lipinski definition) is 2. The van der Waals surface area contributed by atoms with Gasteiger partial charge in [-0.3, -0.25) is 14.8 Å². The summed E-state index contributed by atoms with van der Waals surface area (Å²) in [6.07, 6.45) is 2.40. The number of hydroxylamine groups is 1. The topological polar surface area (TPSA) is 78.9 Å². The minimum atomic E-state index is -0.610. The highest BCUT2D eigenvalue weighted by Gasteiger charge is 2.25. The summed E-state index contributed by atoms with van der Waals surface area (Å²) in [5.41, 5.74) is 5.59. The highest BCUT2D eigenvalue weighted by Crippen LogP contribution is 2.28. The zero-order valence-corrected chi connectivity index (χ0v) is 20.4. The van der Waals surface area contributed by atoms with Crippen LogP contribution >= 0.6 is 0 Å². The van der Waals surface area contributed by atoms with Gasteiger partial charge >= 0.3 is 0 Å². The maximum absolute atomic E-state index is 13.9. The Balaban J connectivity index is 1.47. The molecule has 1 aliphatic heterocycles. The molecule has 0 atom stereocenters. The van der Waals surface area contributed by atoms with E-state index in [1.807, 2.05) is 60.7 Å². The summed E-state index contributed by atoms with van der Waals surface area (Å²) in [5.74, 6) is 0.108. The Morgan fingerprint density at radius 1 is 0.842 bits per heavy atom. The number of hydrogen-bond acceptors (Lipinski definition) is 4. The maximum Gasteiger partial charge on any atom is 0.274 e. The Labute approximate surface area is 219 Å². The molecule has 4 aromatic carbocycles. The number of benzene rings is 4. The van der Waals surface area contributed by atoms with Crippen molar-refractivity contribution < 1.29 is 23.9 Å². The van der Waals surface area contributed by atoms with Gasteiger partial charge in [-0.1, -0.05) is 48.5 Å². The smallest absolute Gasteiger partial charge is 0.274 e. The van der Waals surface area contributed by atoms with Gasteiger partial charge in [0.15, 0.2) is 0 Å². The van der Waals surface area contributed by atoms with Crippen LogP contribution in [0.5, 0.6) is 11.5 Å². The fourth-order valence-corrected chi connectivity index (χ4v) is 4.46. The summed E-state index contributed by atoms with van der Waals surface area (Å²) in [6, 6.07) is 27.8. The zero-order chi connectivity index (χ0) is 26.5. The van der Waals surface area contributed by atoms with Crippen LogP contribution in [-0.4, -0.2) is 28.5 Å². The summed E-state index contributed by atoms with van der Waals surface area (Å²) < 4.78 is 19.7. The molecule has 4 aromatic rings. The van der Waals surface area contributed by atoms with Crippen LogP contribution in [0.15, 0.2) is 97.1 Å². The molecule has 0 fully saturated rings. The van der Waals surface area contributed by atoms with E-state index in [2.05, 4.69) is 0 Å². The fourth-order valence-electron chi connectivity index (χ4n) is 4.46. The van der Waals surface area contributed by atoms with Crippen molar-refractivity contribution in [2.75, 3.05) is 6.54 Å². The predicted molar refractivity (Wildman–Crippen MR) is 142 cm³/mol. The molecule has 5 rings (SSSR count). The monoisotopic (exact) mass is 508 g/mol. The normalized spacial score (nSPS) is 13.0. The third-order valence-electron chi connectivity index (χ3n) is 6.40. The molecule has 38 heavy (non-hydrogen) atoms. The minimum absolute atomic E-state index is 0.214. The van der Waals surface area contributed by atoms with Crippen molar-refractivity contribution in [2.24, 2.45) is 0 Å². The lowest BCUT2D eigenvalue weighted by molar-refractivity contribution is -0.125. The van der Waals surface area contributed by atoms with Crippen molar-refractivity contribution >= 4 is 23.5 Å². The molecular weight excluding hydrogens is 483 g/mol. The molecule has 0 aliphatic carbocycles. The van der Waals surface area contributed by atoms with Crippen molar-refractivity contribution in [1.29, 1.82) is 0 Å². The lowest BCUT2D eigenvalue weighted by Gasteiger charge is -2.30. The molecule has 0 saturated heterocycles. The predicted octanol–water partition coefficient (Wildman–Crippen LogP) is 5.86. The van der Waals surface area contributed by atoms with E-state index in [-0.39, 0.29) is 11.7 Å². The Morgan fingerprint density at radius 3 is 2.34 bits per heavy atom. The van der Waals surface area contributed by atoms with Crippen LogP contribution in [0.3, 0.4) is 0 Å². The second kappa shape index (κ2) is 11.1. The third-order valence-corrected chi connectivity index (χ3v) is 6.40. The van der Waals surface area contributed by atoms with Gasteiger partial charge in [0.05, 0.1) is 0 Å². The molecule has 7 heteroatoms. The highest BCUT2D eigenvalue weighted by atomic mass is 19.1. The average Bonchev–Trinajstić information content (AvgIpc) is 2.96. The lowest BCUT2D eigenvalue weighted by atomic mass is 9.95. The van der Waals surface area contributed by atoms with E-state index in [1.165, 1.54) is 12.1 Å². The molecule has 0 radical (unpaired) electrons. The van der Waals surface area contributed by atoms with Crippen molar-refractivity contribution in [3.63, 3.8) is 0 Å². The Bertz CT molecular complexity index is 1500.